The van der Waals surface area contributed by atoms with E-state index in [1.54, 1.807) is 26.0 Å². The summed E-state index contributed by atoms with van der Waals surface area (Å²) in [5.41, 5.74) is 2.82. The Labute approximate surface area is 174 Å². The molecule has 2 N–H and O–H groups in total. The summed E-state index contributed by atoms with van der Waals surface area (Å²) in [5, 5.41) is 6.37. The van der Waals surface area contributed by atoms with Crippen LogP contribution in [-0.4, -0.2) is 17.4 Å². The van der Waals surface area contributed by atoms with Crippen molar-refractivity contribution < 1.29 is 13.6 Å². The topological polar surface area (TPSA) is 54.0 Å². The van der Waals surface area contributed by atoms with E-state index in [1.807, 2.05) is 18.2 Å². The lowest BCUT2D eigenvalue weighted by atomic mass is 10.0. The molecular formula is C24H25F2N3O. The van der Waals surface area contributed by atoms with Gasteiger partial charge in [0.25, 0.3) is 5.91 Å². The number of hydrogen-bond donors (Lipinski definition) is 2. The summed E-state index contributed by atoms with van der Waals surface area (Å²) >= 11 is 0. The third-order valence-electron chi connectivity index (χ3n) is 5.84. The fourth-order valence-corrected chi connectivity index (χ4v) is 3.60. The van der Waals surface area contributed by atoms with E-state index in [0.717, 1.165) is 29.4 Å². The molecule has 30 heavy (non-hydrogen) atoms. The Balaban J connectivity index is 1.52. The van der Waals surface area contributed by atoms with E-state index in [9.17, 15) is 13.6 Å². The monoisotopic (exact) mass is 409 g/mol. The number of nitrogens with zero attached hydrogens (tertiary/aromatic N) is 1. The zero-order chi connectivity index (χ0) is 21.5. The minimum atomic E-state index is -0.676. The van der Waals surface area contributed by atoms with Gasteiger partial charge in [-0.1, -0.05) is 13.0 Å². The van der Waals surface area contributed by atoms with Gasteiger partial charge in [-0.15, -0.1) is 0 Å². The van der Waals surface area contributed by atoms with Gasteiger partial charge < -0.3 is 10.6 Å². The van der Waals surface area contributed by atoms with Crippen molar-refractivity contribution in [3.63, 3.8) is 0 Å². The standard InChI is InChI=1S/C24H25F2N3O/c1-4-27-22-18(25)12-17(13-19(22)26)14(2)28-23(30)16-5-7-20-15(11-16)6-8-21(29-20)24(3)9-10-24/h5-8,11-14,27H,4,9-10H2,1-3H3,(H,28,30)/t14-/m1/s1. The summed E-state index contributed by atoms with van der Waals surface area (Å²) in [6, 6.07) is 11.3. The number of benzene rings is 2. The molecule has 1 aliphatic rings. The van der Waals surface area contributed by atoms with Crippen LogP contribution >= 0.6 is 0 Å². The highest BCUT2D eigenvalue weighted by atomic mass is 19.1. The lowest BCUT2D eigenvalue weighted by Crippen LogP contribution is -2.27. The molecule has 3 aromatic rings. The molecule has 6 heteroatoms. The summed E-state index contributed by atoms with van der Waals surface area (Å²) in [5.74, 6) is -1.66. The molecule has 4 nitrogen and oxygen atoms in total. The molecule has 4 rings (SSSR count). The first kappa shape index (κ1) is 20.3. The number of hydrogen-bond acceptors (Lipinski definition) is 3. The maximum atomic E-state index is 14.2. The Morgan fingerprint density at radius 2 is 1.83 bits per heavy atom. The molecule has 1 heterocycles. The molecule has 2 aromatic carbocycles. The minimum Gasteiger partial charge on any atom is -0.381 e. The van der Waals surface area contributed by atoms with Gasteiger partial charge in [0.1, 0.15) is 17.3 Å². The number of carbonyl (C=O) groups is 1. The second kappa shape index (κ2) is 7.67. The largest absolute Gasteiger partial charge is 0.381 e. The Morgan fingerprint density at radius 1 is 1.13 bits per heavy atom. The van der Waals surface area contributed by atoms with Gasteiger partial charge in [-0.3, -0.25) is 9.78 Å². The smallest absolute Gasteiger partial charge is 0.251 e. The first-order chi connectivity index (χ1) is 14.3. The zero-order valence-electron chi connectivity index (χ0n) is 17.4. The van der Waals surface area contributed by atoms with E-state index < -0.39 is 17.7 Å². The normalized spacial score (nSPS) is 15.6. The van der Waals surface area contributed by atoms with Crippen LogP contribution in [0.4, 0.5) is 14.5 Å². The second-order valence-corrected chi connectivity index (χ2v) is 8.25. The van der Waals surface area contributed by atoms with Crippen LogP contribution < -0.4 is 10.6 Å². The number of carbonyl (C=O) groups excluding carboxylic acids is 1. The van der Waals surface area contributed by atoms with Crippen molar-refractivity contribution in [1.29, 1.82) is 0 Å². The van der Waals surface area contributed by atoms with Crippen molar-refractivity contribution in [2.75, 3.05) is 11.9 Å². The Bertz CT molecular complexity index is 1100. The van der Waals surface area contributed by atoms with E-state index in [1.165, 1.54) is 12.1 Å². The molecule has 0 bridgehead atoms. The predicted molar refractivity (Wildman–Crippen MR) is 115 cm³/mol. The first-order valence-electron chi connectivity index (χ1n) is 10.3. The third-order valence-corrected chi connectivity index (χ3v) is 5.84. The lowest BCUT2D eigenvalue weighted by Gasteiger charge is -2.17. The van der Waals surface area contributed by atoms with Gasteiger partial charge in [0.05, 0.1) is 11.6 Å². The quantitative estimate of drug-likeness (QED) is 0.566. The number of rotatable bonds is 6. The fraction of sp³-hybridized carbons (Fsp3) is 0.333. The molecule has 1 aromatic heterocycles. The van der Waals surface area contributed by atoms with E-state index in [-0.39, 0.29) is 17.0 Å². The van der Waals surface area contributed by atoms with Crippen molar-refractivity contribution in [3.8, 4) is 0 Å². The molecule has 0 unspecified atom stereocenters. The van der Waals surface area contributed by atoms with Gasteiger partial charge in [-0.05, 0) is 68.7 Å². The van der Waals surface area contributed by atoms with Crippen LogP contribution in [0.25, 0.3) is 10.9 Å². The highest BCUT2D eigenvalue weighted by Crippen LogP contribution is 2.46. The molecule has 0 saturated heterocycles. The van der Waals surface area contributed by atoms with Crippen molar-refractivity contribution in [1.82, 2.24) is 10.3 Å². The maximum absolute atomic E-state index is 14.2. The number of nitrogens with one attached hydrogen (secondary N) is 2. The zero-order valence-corrected chi connectivity index (χ0v) is 17.4. The van der Waals surface area contributed by atoms with Crippen LogP contribution in [0.5, 0.6) is 0 Å². The summed E-state index contributed by atoms with van der Waals surface area (Å²) in [7, 11) is 0. The van der Waals surface area contributed by atoms with Gasteiger partial charge in [0.2, 0.25) is 0 Å². The van der Waals surface area contributed by atoms with Gasteiger partial charge >= 0.3 is 0 Å². The van der Waals surface area contributed by atoms with E-state index in [2.05, 4.69) is 17.6 Å². The van der Waals surface area contributed by atoms with Crippen molar-refractivity contribution in [2.45, 2.75) is 45.1 Å². The van der Waals surface area contributed by atoms with E-state index in [0.29, 0.717) is 17.7 Å². The number of halogens is 2. The Morgan fingerprint density at radius 3 is 2.47 bits per heavy atom. The molecule has 1 aliphatic carbocycles. The summed E-state index contributed by atoms with van der Waals surface area (Å²) < 4.78 is 28.4. The highest BCUT2D eigenvalue weighted by Gasteiger charge is 2.40. The van der Waals surface area contributed by atoms with Crippen LogP contribution in [0.2, 0.25) is 0 Å². The summed E-state index contributed by atoms with van der Waals surface area (Å²) in [6.07, 6.45) is 2.31. The molecule has 0 aliphatic heterocycles. The number of pyridine rings is 1. The maximum Gasteiger partial charge on any atom is 0.251 e. The average Bonchev–Trinajstić information content (AvgIpc) is 3.48. The minimum absolute atomic E-state index is 0.152. The van der Waals surface area contributed by atoms with Crippen molar-refractivity contribution in [3.05, 3.63) is 70.9 Å². The van der Waals surface area contributed by atoms with Crippen LogP contribution in [-0.2, 0) is 5.41 Å². The highest BCUT2D eigenvalue weighted by molar-refractivity contribution is 5.98. The first-order valence-corrected chi connectivity index (χ1v) is 10.3. The van der Waals surface area contributed by atoms with Crippen LogP contribution in [0.15, 0.2) is 42.5 Å². The number of anilines is 1. The SMILES string of the molecule is CCNc1c(F)cc([C@@H](C)NC(=O)c2ccc3nc(C4(C)CC4)ccc3c2)cc1F. The van der Waals surface area contributed by atoms with Crippen LogP contribution in [0.3, 0.4) is 0 Å². The Hall–Kier alpha value is -3.02. The lowest BCUT2D eigenvalue weighted by molar-refractivity contribution is 0.0940. The van der Waals surface area contributed by atoms with E-state index in [4.69, 9.17) is 4.98 Å². The van der Waals surface area contributed by atoms with Crippen LogP contribution in [0.1, 0.15) is 61.3 Å². The molecule has 1 saturated carbocycles. The Kier molecular flexibility index (Phi) is 5.18. The molecule has 0 radical (unpaired) electrons. The average molecular weight is 409 g/mol. The number of aromatic nitrogens is 1. The summed E-state index contributed by atoms with van der Waals surface area (Å²) in [4.78, 5) is 17.5. The fourth-order valence-electron chi connectivity index (χ4n) is 3.60. The molecular weight excluding hydrogens is 384 g/mol. The van der Waals surface area contributed by atoms with Gasteiger partial charge in [0, 0.05) is 28.6 Å². The molecule has 1 atom stereocenters. The van der Waals surface area contributed by atoms with Gasteiger partial charge in [0.15, 0.2) is 0 Å². The molecule has 1 fully saturated rings. The van der Waals surface area contributed by atoms with Crippen molar-refractivity contribution in [2.24, 2.45) is 0 Å². The van der Waals surface area contributed by atoms with Gasteiger partial charge in [-0.2, -0.15) is 0 Å². The summed E-state index contributed by atoms with van der Waals surface area (Å²) in [6.45, 7) is 6.09. The second-order valence-electron chi connectivity index (χ2n) is 8.25. The number of fused-ring (bicyclic) bond motifs is 1. The molecule has 156 valence electrons. The predicted octanol–water partition coefficient (Wildman–Crippen LogP) is 5.49. The third kappa shape index (κ3) is 3.86. The van der Waals surface area contributed by atoms with Crippen molar-refractivity contribution >= 4 is 22.5 Å². The van der Waals surface area contributed by atoms with Gasteiger partial charge in [-0.25, -0.2) is 8.78 Å². The molecule has 0 spiro atoms. The van der Waals surface area contributed by atoms with Crippen LogP contribution in [0, 0.1) is 11.6 Å². The van der Waals surface area contributed by atoms with E-state index >= 15 is 0 Å². The number of amides is 1. The molecule has 1 amide bonds.